The molecule has 0 atom stereocenters. The Balaban J connectivity index is 1.28. The summed E-state index contributed by atoms with van der Waals surface area (Å²) in [4.78, 5) is 21.0. The molecule has 4 aromatic rings. The number of methoxy groups -OCH3 is 1. The first-order valence-corrected chi connectivity index (χ1v) is 13.3. The molecule has 0 amide bonds. The molecule has 214 valence electrons. The van der Waals surface area contributed by atoms with E-state index in [2.05, 4.69) is 24.9 Å². The highest BCUT2D eigenvalue weighted by atomic mass is 19.4. The number of rotatable bonds is 10. The monoisotopic (exact) mass is 586 g/mol. The molecule has 2 fully saturated rings. The summed E-state index contributed by atoms with van der Waals surface area (Å²) in [6.07, 6.45) is 2.16. The first kappa shape index (κ1) is 29.0. The Morgan fingerprint density at radius 1 is 1.00 bits per heavy atom. The minimum absolute atomic E-state index is 0.0172. The van der Waals surface area contributed by atoms with E-state index in [0.717, 1.165) is 19.0 Å². The average molecular weight is 586 g/mol. The molecule has 6 rings (SSSR count). The average Bonchev–Trinajstić information content (AvgIpc) is 3.88. The van der Waals surface area contributed by atoms with Crippen molar-refractivity contribution in [1.82, 2.24) is 29.5 Å². The smallest absolute Gasteiger partial charge is 0.434 e. The van der Waals surface area contributed by atoms with Crippen LogP contribution < -0.4 is 14.2 Å². The van der Waals surface area contributed by atoms with E-state index in [-0.39, 0.29) is 53.3 Å². The minimum Gasteiger partial charge on any atom is -0.500 e. The van der Waals surface area contributed by atoms with E-state index in [0.29, 0.717) is 29.7 Å². The van der Waals surface area contributed by atoms with Gasteiger partial charge >= 0.3 is 6.18 Å². The molecule has 1 aromatic carbocycles. The Morgan fingerprint density at radius 2 is 1.77 bits per heavy atom. The summed E-state index contributed by atoms with van der Waals surface area (Å²) in [5.74, 6) is -0.376. The molecule has 0 saturated heterocycles. The fourth-order valence-corrected chi connectivity index (χ4v) is 4.56. The van der Waals surface area contributed by atoms with Gasteiger partial charge in [0, 0.05) is 18.2 Å². The van der Waals surface area contributed by atoms with Gasteiger partial charge in [0.05, 0.1) is 24.6 Å². The van der Waals surface area contributed by atoms with Crippen LogP contribution in [-0.2, 0) is 12.8 Å². The maximum atomic E-state index is 15.3. The van der Waals surface area contributed by atoms with Crippen molar-refractivity contribution in [1.29, 1.82) is 0 Å². The van der Waals surface area contributed by atoms with Crippen molar-refractivity contribution in [2.75, 3.05) is 7.11 Å². The van der Waals surface area contributed by atoms with Crippen LogP contribution in [0.1, 0.15) is 54.6 Å². The van der Waals surface area contributed by atoms with Crippen LogP contribution in [0.3, 0.4) is 0 Å². The molecule has 2 saturated carbocycles. The van der Waals surface area contributed by atoms with Crippen LogP contribution >= 0.6 is 0 Å². The Kier molecular flexibility index (Phi) is 7.33. The van der Waals surface area contributed by atoms with Gasteiger partial charge in [-0.15, -0.1) is 0 Å². The molecule has 0 spiro atoms. The molecular formula is C27H21B3F4N6O3. The van der Waals surface area contributed by atoms with Crippen LogP contribution in [0.15, 0.2) is 36.9 Å². The maximum absolute atomic E-state index is 15.3. The van der Waals surface area contributed by atoms with Crippen molar-refractivity contribution < 1.29 is 31.8 Å². The summed E-state index contributed by atoms with van der Waals surface area (Å²) in [6.45, 7) is -0.156. The van der Waals surface area contributed by atoms with Crippen molar-refractivity contribution in [3.05, 3.63) is 59.7 Å². The topological polar surface area (TPSA) is 97.1 Å². The van der Waals surface area contributed by atoms with E-state index >= 15 is 4.39 Å². The van der Waals surface area contributed by atoms with Gasteiger partial charge in [-0.1, -0.05) is 6.07 Å². The Bertz CT molecular complexity index is 1670. The summed E-state index contributed by atoms with van der Waals surface area (Å²) in [5.41, 5.74) is 0.233. The molecule has 0 bridgehead atoms. The summed E-state index contributed by atoms with van der Waals surface area (Å²) in [6, 6.07) is 3.95. The van der Waals surface area contributed by atoms with E-state index in [1.165, 1.54) is 42.4 Å². The lowest BCUT2D eigenvalue weighted by Gasteiger charge is -2.24. The Labute approximate surface area is 247 Å². The molecule has 2 aliphatic rings. The Morgan fingerprint density at radius 3 is 2.40 bits per heavy atom. The Hall–Kier alpha value is -4.10. The predicted molar refractivity (Wildman–Crippen MR) is 147 cm³/mol. The molecule has 2 aliphatic carbocycles. The number of ether oxygens (including phenoxy) is 3. The van der Waals surface area contributed by atoms with Crippen molar-refractivity contribution in [3.63, 3.8) is 0 Å². The highest BCUT2D eigenvalue weighted by Crippen LogP contribution is 2.46. The lowest BCUT2D eigenvalue weighted by atomic mass is 9.52. The molecule has 16 heteroatoms. The van der Waals surface area contributed by atoms with Crippen molar-refractivity contribution >= 4 is 23.5 Å². The molecular weight excluding hydrogens is 565 g/mol. The predicted octanol–water partition coefficient (Wildman–Crippen LogP) is 4.25. The van der Waals surface area contributed by atoms with E-state index in [1.54, 1.807) is 0 Å². The molecule has 3 aromatic heterocycles. The van der Waals surface area contributed by atoms with Gasteiger partial charge in [-0.25, -0.2) is 24.3 Å². The molecule has 0 aliphatic heterocycles. The quantitative estimate of drug-likeness (QED) is 0.201. The van der Waals surface area contributed by atoms with Crippen LogP contribution in [0, 0.1) is 5.82 Å². The first-order valence-electron chi connectivity index (χ1n) is 13.3. The molecule has 3 heterocycles. The van der Waals surface area contributed by atoms with Crippen LogP contribution in [0.25, 0.3) is 22.8 Å². The standard InChI is InChI=1S/C27H21B3F4N6O3/c1-41-18-9-35-22(20-21(14-3-4-14)36-12-37-25(20)43-27(28,29)30)39-24(18)42-11-13-2-7-16(17(31)8-13)23-38-19(26(32,33)34)10-40(23)15-5-6-15/h2,7-10,12,14-15H,3-6,11H2,1H3. The fraction of sp³-hybridized carbons (Fsp3) is 0.370. The summed E-state index contributed by atoms with van der Waals surface area (Å²) < 4.78 is 73.3. The summed E-state index contributed by atoms with van der Waals surface area (Å²) in [5, 5.41) is -2.03. The number of benzene rings is 1. The molecule has 0 unspecified atom stereocenters. The van der Waals surface area contributed by atoms with Gasteiger partial charge in [-0.2, -0.15) is 18.2 Å². The van der Waals surface area contributed by atoms with E-state index in [9.17, 15) is 13.2 Å². The van der Waals surface area contributed by atoms with Gasteiger partial charge in [-0.05, 0) is 48.7 Å². The number of halogens is 4. The molecule has 9 nitrogen and oxygen atoms in total. The van der Waals surface area contributed by atoms with Gasteiger partial charge in [0.1, 0.15) is 53.7 Å². The SMILES string of the molecule is [B]C([B])([B])Oc1ncnc(C2CC2)c1-c1ncc(OC)c(OCc2ccc(-c3nc(C(F)(F)F)cn3C3CC3)c(F)c2)n1. The van der Waals surface area contributed by atoms with Crippen molar-refractivity contribution in [2.45, 2.75) is 55.7 Å². The van der Waals surface area contributed by atoms with Gasteiger partial charge in [0.25, 0.3) is 5.88 Å². The fourth-order valence-electron chi connectivity index (χ4n) is 4.56. The lowest BCUT2D eigenvalue weighted by Crippen LogP contribution is -2.38. The van der Waals surface area contributed by atoms with Crippen LogP contribution in [0.5, 0.6) is 17.5 Å². The third kappa shape index (κ3) is 6.32. The second-order valence-electron chi connectivity index (χ2n) is 10.4. The highest BCUT2D eigenvalue weighted by Gasteiger charge is 2.38. The third-order valence-corrected chi connectivity index (χ3v) is 6.86. The van der Waals surface area contributed by atoms with Crippen LogP contribution in [-0.4, -0.2) is 65.4 Å². The van der Waals surface area contributed by atoms with Crippen LogP contribution in [0.4, 0.5) is 17.6 Å². The highest BCUT2D eigenvalue weighted by molar-refractivity contribution is 6.58. The largest absolute Gasteiger partial charge is 0.500 e. The maximum Gasteiger partial charge on any atom is 0.434 e. The van der Waals surface area contributed by atoms with Crippen molar-refractivity contribution in [3.8, 4) is 40.3 Å². The zero-order valence-electron chi connectivity index (χ0n) is 22.8. The second kappa shape index (κ2) is 10.9. The third-order valence-electron chi connectivity index (χ3n) is 6.86. The van der Waals surface area contributed by atoms with Gasteiger partial charge < -0.3 is 18.8 Å². The molecule has 6 radical (unpaired) electrons. The number of imidazole rings is 1. The van der Waals surface area contributed by atoms with Crippen molar-refractivity contribution in [2.24, 2.45) is 0 Å². The second-order valence-corrected chi connectivity index (χ2v) is 10.4. The molecule has 43 heavy (non-hydrogen) atoms. The number of alkyl halides is 3. The number of hydrogen-bond acceptors (Lipinski definition) is 8. The van der Waals surface area contributed by atoms with Gasteiger partial charge in [0.15, 0.2) is 17.3 Å². The van der Waals surface area contributed by atoms with E-state index < -0.39 is 23.0 Å². The van der Waals surface area contributed by atoms with E-state index in [1.807, 2.05) is 0 Å². The van der Waals surface area contributed by atoms with Gasteiger partial charge in [0.2, 0.25) is 5.88 Å². The van der Waals surface area contributed by atoms with Gasteiger partial charge in [-0.3, -0.25) is 0 Å². The normalized spacial score (nSPS) is 15.4. The molecule has 0 N–H and O–H groups in total. The first-order chi connectivity index (χ1) is 20.4. The van der Waals surface area contributed by atoms with E-state index in [4.69, 9.17) is 37.7 Å². The lowest BCUT2D eigenvalue weighted by molar-refractivity contribution is -0.140. The minimum atomic E-state index is -4.64. The summed E-state index contributed by atoms with van der Waals surface area (Å²) in [7, 11) is 18.4. The number of hydrogen-bond donors (Lipinski definition) is 0. The summed E-state index contributed by atoms with van der Waals surface area (Å²) >= 11 is 0. The number of aromatic nitrogens is 6. The number of nitrogens with zero attached hydrogens (tertiary/aromatic N) is 6. The van der Waals surface area contributed by atoms with Crippen LogP contribution in [0.2, 0.25) is 0 Å². The zero-order chi connectivity index (χ0) is 30.5. The zero-order valence-corrected chi connectivity index (χ0v) is 22.8.